The fourth-order valence-electron chi connectivity index (χ4n) is 1.50. The van der Waals surface area contributed by atoms with Crippen molar-refractivity contribution in [2.24, 2.45) is 0 Å². The Kier molecular flexibility index (Phi) is 2.50. The summed E-state index contributed by atoms with van der Waals surface area (Å²) in [6, 6.07) is 6.91. The topological polar surface area (TPSA) is 4.93 Å². The lowest BCUT2D eigenvalue weighted by molar-refractivity contribution is 0.548. The highest BCUT2D eigenvalue weighted by Gasteiger charge is 2.03. The average molecular weight is 191 g/mol. The number of rotatable bonds is 3. The second-order valence-electron chi connectivity index (χ2n) is 3.31. The van der Waals surface area contributed by atoms with Gasteiger partial charge in [0.05, 0.1) is 0 Å². The van der Waals surface area contributed by atoms with Crippen molar-refractivity contribution in [3.8, 4) is 0 Å². The summed E-state index contributed by atoms with van der Waals surface area (Å²) in [5.41, 5.74) is 1.44. The summed E-state index contributed by atoms with van der Waals surface area (Å²) in [5, 5.41) is 4.36. The third kappa shape index (κ3) is 2.01. The molecule has 0 N–H and O–H groups in total. The summed E-state index contributed by atoms with van der Waals surface area (Å²) in [5.74, 6) is 0. The number of aromatic nitrogens is 1. The quantitative estimate of drug-likeness (QED) is 0.701. The van der Waals surface area contributed by atoms with E-state index in [0.29, 0.717) is 6.04 Å². The molecule has 1 atom stereocenters. The first-order valence-electron chi connectivity index (χ1n) is 4.50. The van der Waals surface area contributed by atoms with Gasteiger partial charge in [-0.05, 0) is 47.9 Å². The summed E-state index contributed by atoms with van der Waals surface area (Å²) in [7, 11) is 0. The van der Waals surface area contributed by atoms with Crippen molar-refractivity contribution in [2.75, 3.05) is 0 Å². The highest BCUT2D eigenvalue weighted by Crippen LogP contribution is 2.15. The van der Waals surface area contributed by atoms with Crippen molar-refractivity contribution < 1.29 is 0 Å². The van der Waals surface area contributed by atoms with E-state index in [-0.39, 0.29) is 0 Å². The maximum atomic E-state index is 2.25. The van der Waals surface area contributed by atoms with Crippen LogP contribution < -0.4 is 0 Å². The number of thiophene rings is 1. The largest absolute Gasteiger partial charge is 0.351 e. The number of nitrogens with zero attached hydrogens (tertiary/aromatic N) is 1. The summed E-state index contributed by atoms with van der Waals surface area (Å²) < 4.78 is 2.25. The van der Waals surface area contributed by atoms with E-state index < -0.39 is 0 Å². The van der Waals surface area contributed by atoms with Gasteiger partial charge in [-0.15, -0.1) is 0 Å². The zero-order valence-electron chi connectivity index (χ0n) is 7.68. The molecule has 0 saturated heterocycles. The van der Waals surface area contributed by atoms with Crippen molar-refractivity contribution in [3.63, 3.8) is 0 Å². The van der Waals surface area contributed by atoms with Crippen LogP contribution in [0.5, 0.6) is 0 Å². The second-order valence-corrected chi connectivity index (χ2v) is 4.10. The Bertz CT molecular complexity index is 334. The molecule has 1 unspecified atom stereocenters. The van der Waals surface area contributed by atoms with Gasteiger partial charge in [0.2, 0.25) is 0 Å². The van der Waals surface area contributed by atoms with E-state index in [9.17, 15) is 0 Å². The maximum Gasteiger partial charge on any atom is 0.0343 e. The van der Waals surface area contributed by atoms with Crippen molar-refractivity contribution >= 4 is 11.3 Å². The molecule has 0 amide bonds. The molecule has 2 aromatic rings. The number of hydrogen-bond acceptors (Lipinski definition) is 1. The molecule has 0 aliphatic heterocycles. The number of hydrogen-bond donors (Lipinski definition) is 0. The molecule has 0 spiro atoms. The fourth-order valence-corrected chi connectivity index (χ4v) is 2.18. The Hall–Kier alpha value is -1.02. The molecule has 0 radical (unpaired) electrons. The second kappa shape index (κ2) is 3.79. The summed E-state index contributed by atoms with van der Waals surface area (Å²) >= 11 is 1.77. The molecule has 0 aliphatic carbocycles. The molecular weight excluding hydrogens is 178 g/mol. The molecule has 2 heterocycles. The van der Waals surface area contributed by atoms with Crippen molar-refractivity contribution in [1.29, 1.82) is 0 Å². The first-order valence-corrected chi connectivity index (χ1v) is 5.44. The van der Waals surface area contributed by atoms with Gasteiger partial charge in [0.1, 0.15) is 0 Å². The Morgan fingerprint density at radius 2 is 2.15 bits per heavy atom. The molecular formula is C11H13NS. The summed E-state index contributed by atoms with van der Waals surface area (Å²) in [4.78, 5) is 0. The standard InChI is InChI=1S/C11H13NS/c1-10(12-5-2-3-6-12)8-11-4-7-13-9-11/h2-7,9-10H,8H2,1H3. The van der Waals surface area contributed by atoms with E-state index in [4.69, 9.17) is 0 Å². The lowest BCUT2D eigenvalue weighted by atomic mass is 10.1. The highest BCUT2D eigenvalue weighted by atomic mass is 32.1. The predicted octanol–water partition coefficient (Wildman–Crippen LogP) is 3.35. The van der Waals surface area contributed by atoms with E-state index in [2.05, 4.69) is 52.8 Å². The molecule has 0 saturated carbocycles. The molecule has 1 nitrogen and oxygen atoms in total. The van der Waals surface area contributed by atoms with Crippen molar-refractivity contribution in [1.82, 2.24) is 4.57 Å². The van der Waals surface area contributed by atoms with E-state index in [0.717, 1.165) is 6.42 Å². The molecule has 13 heavy (non-hydrogen) atoms. The van der Waals surface area contributed by atoms with Crippen LogP contribution in [0.4, 0.5) is 0 Å². The third-order valence-electron chi connectivity index (χ3n) is 2.25. The minimum Gasteiger partial charge on any atom is -0.351 e. The molecule has 68 valence electrons. The van der Waals surface area contributed by atoms with Gasteiger partial charge in [-0.2, -0.15) is 11.3 Å². The van der Waals surface area contributed by atoms with Crippen LogP contribution in [0.3, 0.4) is 0 Å². The summed E-state index contributed by atoms with van der Waals surface area (Å²) in [6.07, 6.45) is 5.37. The zero-order chi connectivity index (χ0) is 9.10. The first kappa shape index (κ1) is 8.57. The van der Waals surface area contributed by atoms with Gasteiger partial charge in [0.25, 0.3) is 0 Å². The first-order chi connectivity index (χ1) is 6.36. The van der Waals surface area contributed by atoms with Gasteiger partial charge < -0.3 is 4.57 Å². The minimum absolute atomic E-state index is 0.560. The van der Waals surface area contributed by atoms with E-state index >= 15 is 0 Å². The Morgan fingerprint density at radius 3 is 2.77 bits per heavy atom. The molecule has 2 aromatic heterocycles. The lowest BCUT2D eigenvalue weighted by Gasteiger charge is -2.12. The van der Waals surface area contributed by atoms with Crippen LogP contribution in [0, 0.1) is 0 Å². The minimum atomic E-state index is 0.560. The van der Waals surface area contributed by atoms with Gasteiger partial charge in [-0.3, -0.25) is 0 Å². The van der Waals surface area contributed by atoms with Crippen LogP contribution in [0.2, 0.25) is 0 Å². The normalized spacial score (nSPS) is 13.0. The van der Waals surface area contributed by atoms with Crippen LogP contribution in [-0.4, -0.2) is 4.57 Å². The van der Waals surface area contributed by atoms with E-state index in [1.54, 1.807) is 11.3 Å². The Labute approximate surface area is 82.6 Å². The Balaban J connectivity index is 2.04. The van der Waals surface area contributed by atoms with E-state index in [1.165, 1.54) is 5.56 Å². The maximum absolute atomic E-state index is 2.25. The smallest absolute Gasteiger partial charge is 0.0343 e. The monoisotopic (exact) mass is 191 g/mol. The van der Waals surface area contributed by atoms with Crippen LogP contribution in [0.15, 0.2) is 41.4 Å². The Morgan fingerprint density at radius 1 is 1.38 bits per heavy atom. The van der Waals surface area contributed by atoms with Crippen LogP contribution >= 0.6 is 11.3 Å². The summed E-state index contributed by atoms with van der Waals surface area (Å²) in [6.45, 7) is 2.25. The van der Waals surface area contributed by atoms with Gasteiger partial charge >= 0.3 is 0 Å². The van der Waals surface area contributed by atoms with Gasteiger partial charge in [-0.25, -0.2) is 0 Å². The third-order valence-corrected chi connectivity index (χ3v) is 2.98. The van der Waals surface area contributed by atoms with Crippen LogP contribution in [0.25, 0.3) is 0 Å². The molecule has 2 heteroatoms. The van der Waals surface area contributed by atoms with Gasteiger partial charge in [-0.1, -0.05) is 0 Å². The zero-order valence-corrected chi connectivity index (χ0v) is 8.50. The molecule has 0 fully saturated rings. The average Bonchev–Trinajstić information content (AvgIpc) is 2.74. The van der Waals surface area contributed by atoms with E-state index in [1.807, 2.05) is 0 Å². The molecule has 0 aliphatic rings. The SMILES string of the molecule is CC(Cc1ccsc1)n1cccc1. The molecule has 2 rings (SSSR count). The lowest BCUT2D eigenvalue weighted by Crippen LogP contribution is -2.04. The van der Waals surface area contributed by atoms with Gasteiger partial charge in [0, 0.05) is 18.4 Å². The molecule has 0 aromatic carbocycles. The fraction of sp³-hybridized carbons (Fsp3) is 0.273. The van der Waals surface area contributed by atoms with Gasteiger partial charge in [0.15, 0.2) is 0 Å². The highest BCUT2D eigenvalue weighted by molar-refractivity contribution is 7.07. The van der Waals surface area contributed by atoms with Crippen molar-refractivity contribution in [2.45, 2.75) is 19.4 Å². The predicted molar refractivity (Wildman–Crippen MR) is 57.2 cm³/mol. The van der Waals surface area contributed by atoms with Crippen LogP contribution in [-0.2, 0) is 6.42 Å². The van der Waals surface area contributed by atoms with Crippen molar-refractivity contribution in [3.05, 3.63) is 46.9 Å². The molecule has 0 bridgehead atoms. The van der Waals surface area contributed by atoms with Crippen LogP contribution in [0.1, 0.15) is 18.5 Å².